The lowest BCUT2D eigenvalue weighted by atomic mass is 10.0. The Hall–Kier alpha value is -2.08. The quantitative estimate of drug-likeness (QED) is 0.865. The van der Waals surface area contributed by atoms with Crippen molar-refractivity contribution in [3.63, 3.8) is 0 Å². The van der Waals surface area contributed by atoms with Crippen LogP contribution in [0.5, 0.6) is 5.75 Å². The molecule has 1 heterocycles. The van der Waals surface area contributed by atoms with Gasteiger partial charge in [-0.3, -0.25) is 14.5 Å². The Labute approximate surface area is 142 Å². The number of benzene rings is 1. The Bertz CT molecular complexity index is 647. The largest absolute Gasteiger partial charge is 0.507 e. The van der Waals surface area contributed by atoms with Crippen LogP contribution in [0.4, 0.5) is 0 Å². The van der Waals surface area contributed by atoms with E-state index in [1.165, 1.54) is 0 Å². The van der Waals surface area contributed by atoms with Crippen molar-refractivity contribution in [2.75, 3.05) is 32.7 Å². The molecule has 6 nitrogen and oxygen atoms in total. The van der Waals surface area contributed by atoms with Crippen LogP contribution in [0.2, 0.25) is 0 Å². The summed E-state index contributed by atoms with van der Waals surface area (Å²) in [7, 11) is 0. The van der Waals surface area contributed by atoms with Crippen molar-refractivity contribution >= 4 is 11.8 Å². The van der Waals surface area contributed by atoms with Gasteiger partial charge in [0.25, 0.3) is 5.91 Å². The lowest BCUT2D eigenvalue weighted by Crippen LogP contribution is -2.51. The fraction of sp³-hybridized carbons (Fsp3) is 0.556. The second-order valence-electron chi connectivity index (χ2n) is 6.81. The smallest absolute Gasteiger partial charge is 0.257 e. The maximum absolute atomic E-state index is 12.6. The molecule has 1 aromatic rings. The molecule has 0 unspecified atom stereocenters. The molecule has 1 saturated heterocycles. The van der Waals surface area contributed by atoms with E-state index in [2.05, 4.69) is 10.2 Å². The first kappa shape index (κ1) is 16.8. The highest BCUT2D eigenvalue weighted by Gasteiger charge is 2.27. The fourth-order valence-electron chi connectivity index (χ4n) is 2.96. The number of rotatable bonds is 4. The van der Waals surface area contributed by atoms with E-state index in [-0.39, 0.29) is 17.6 Å². The topological polar surface area (TPSA) is 72.9 Å². The van der Waals surface area contributed by atoms with Crippen molar-refractivity contribution in [2.24, 2.45) is 0 Å². The van der Waals surface area contributed by atoms with Crippen LogP contribution in [-0.2, 0) is 4.79 Å². The average Bonchev–Trinajstić information content (AvgIpc) is 3.37. The average molecular weight is 331 g/mol. The molecule has 6 heteroatoms. The van der Waals surface area contributed by atoms with Crippen LogP contribution in [0.1, 0.15) is 34.3 Å². The number of piperazine rings is 1. The van der Waals surface area contributed by atoms with Gasteiger partial charge in [0.2, 0.25) is 5.91 Å². The summed E-state index contributed by atoms with van der Waals surface area (Å²) < 4.78 is 0. The van der Waals surface area contributed by atoms with Gasteiger partial charge in [0.1, 0.15) is 5.75 Å². The van der Waals surface area contributed by atoms with Gasteiger partial charge in [-0.2, -0.15) is 0 Å². The molecule has 2 aliphatic rings. The van der Waals surface area contributed by atoms with Crippen molar-refractivity contribution in [3.8, 4) is 5.75 Å². The first-order valence-electron chi connectivity index (χ1n) is 8.56. The molecule has 0 bridgehead atoms. The van der Waals surface area contributed by atoms with E-state index in [4.69, 9.17) is 0 Å². The van der Waals surface area contributed by atoms with E-state index in [0.717, 1.165) is 24.0 Å². The zero-order valence-corrected chi connectivity index (χ0v) is 14.3. The number of amides is 2. The number of hydrogen-bond donors (Lipinski definition) is 2. The SMILES string of the molecule is Cc1ccc(C(=O)N2CCN(CC(=O)NC3CC3)CC2)c(O)c1C. The zero-order valence-electron chi connectivity index (χ0n) is 14.3. The summed E-state index contributed by atoms with van der Waals surface area (Å²) in [4.78, 5) is 28.3. The molecular formula is C18H25N3O3. The first-order chi connectivity index (χ1) is 11.5. The zero-order chi connectivity index (χ0) is 17.3. The number of carbonyl (C=O) groups excluding carboxylic acids is 2. The maximum Gasteiger partial charge on any atom is 0.257 e. The summed E-state index contributed by atoms with van der Waals surface area (Å²) in [6.45, 7) is 6.62. The summed E-state index contributed by atoms with van der Waals surface area (Å²) in [5.41, 5.74) is 2.07. The van der Waals surface area contributed by atoms with Gasteiger partial charge in [-0.05, 0) is 43.9 Å². The standard InChI is InChI=1S/C18H25N3O3/c1-12-3-6-15(17(23)13(12)2)18(24)21-9-7-20(8-10-21)11-16(22)19-14-4-5-14/h3,6,14,23H,4-5,7-11H2,1-2H3,(H,19,22). The van der Waals surface area contributed by atoms with Crippen molar-refractivity contribution in [2.45, 2.75) is 32.7 Å². The molecule has 24 heavy (non-hydrogen) atoms. The van der Waals surface area contributed by atoms with E-state index in [1.807, 2.05) is 19.9 Å². The molecule has 0 spiro atoms. The molecule has 1 aliphatic carbocycles. The van der Waals surface area contributed by atoms with E-state index in [1.54, 1.807) is 11.0 Å². The van der Waals surface area contributed by atoms with Crippen molar-refractivity contribution in [1.29, 1.82) is 0 Å². The highest BCUT2D eigenvalue weighted by atomic mass is 16.3. The number of carbonyl (C=O) groups is 2. The Kier molecular flexibility index (Phi) is 4.76. The van der Waals surface area contributed by atoms with Gasteiger partial charge in [0.05, 0.1) is 12.1 Å². The van der Waals surface area contributed by atoms with Crippen LogP contribution in [0, 0.1) is 13.8 Å². The molecule has 0 radical (unpaired) electrons. The number of aryl methyl sites for hydroxylation is 1. The second kappa shape index (κ2) is 6.81. The van der Waals surface area contributed by atoms with Gasteiger partial charge < -0.3 is 15.3 Å². The number of aromatic hydroxyl groups is 1. The van der Waals surface area contributed by atoms with Gasteiger partial charge >= 0.3 is 0 Å². The van der Waals surface area contributed by atoms with E-state index in [9.17, 15) is 14.7 Å². The lowest BCUT2D eigenvalue weighted by molar-refractivity contribution is -0.122. The normalized spacial score (nSPS) is 18.5. The summed E-state index contributed by atoms with van der Waals surface area (Å²) in [6, 6.07) is 3.93. The molecule has 0 aromatic heterocycles. The Morgan fingerprint density at radius 2 is 1.83 bits per heavy atom. The molecule has 0 atom stereocenters. The summed E-state index contributed by atoms with van der Waals surface area (Å²) >= 11 is 0. The minimum absolute atomic E-state index is 0.0732. The maximum atomic E-state index is 12.6. The first-order valence-corrected chi connectivity index (χ1v) is 8.56. The van der Waals surface area contributed by atoms with Crippen LogP contribution in [0.15, 0.2) is 12.1 Å². The molecule has 130 valence electrons. The molecule has 2 amide bonds. The lowest BCUT2D eigenvalue weighted by Gasteiger charge is -2.34. The van der Waals surface area contributed by atoms with Crippen molar-refractivity contribution < 1.29 is 14.7 Å². The number of phenolic OH excluding ortho intramolecular Hbond substituents is 1. The highest BCUT2D eigenvalue weighted by Crippen LogP contribution is 2.26. The third-order valence-corrected chi connectivity index (χ3v) is 4.90. The van der Waals surface area contributed by atoms with Crippen LogP contribution >= 0.6 is 0 Å². The number of phenols is 1. The third kappa shape index (κ3) is 3.70. The van der Waals surface area contributed by atoms with Crippen LogP contribution in [0.25, 0.3) is 0 Å². The van der Waals surface area contributed by atoms with Crippen molar-refractivity contribution in [1.82, 2.24) is 15.1 Å². The summed E-state index contributed by atoms with van der Waals surface area (Å²) in [6.07, 6.45) is 2.18. The van der Waals surface area contributed by atoms with Gasteiger partial charge in [-0.25, -0.2) is 0 Å². The molecule has 1 saturated carbocycles. The van der Waals surface area contributed by atoms with E-state index in [0.29, 0.717) is 44.3 Å². The molecular weight excluding hydrogens is 306 g/mol. The van der Waals surface area contributed by atoms with Gasteiger partial charge in [-0.1, -0.05) is 6.07 Å². The summed E-state index contributed by atoms with van der Waals surface area (Å²) in [5, 5.41) is 13.2. The monoisotopic (exact) mass is 331 g/mol. The van der Waals surface area contributed by atoms with Crippen LogP contribution in [0.3, 0.4) is 0 Å². The Balaban J connectivity index is 1.55. The fourth-order valence-corrected chi connectivity index (χ4v) is 2.96. The Morgan fingerprint density at radius 3 is 2.46 bits per heavy atom. The predicted octanol–water partition coefficient (Wildman–Crippen LogP) is 1.05. The minimum atomic E-state index is -0.141. The second-order valence-corrected chi connectivity index (χ2v) is 6.81. The van der Waals surface area contributed by atoms with Crippen LogP contribution in [-0.4, -0.2) is 65.5 Å². The Morgan fingerprint density at radius 1 is 1.17 bits per heavy atom. The van der Waals surface area contributed by atoms with Crippen LogP contribution < -0.4 is 5.32 Å². The summed E-state index contributed by atoms with van der Waals surface area (Å²) in [5.74, 6) is 0.00741. The van der Waals surface area contributed by atoms with Gasteiger partial charge in [0.15, 0.2) is 0 Å². The molecule has 2 fully saturated rings. The number of nitrogens with one attached hydrogen (secondary N) is 1. The van der Waals surface area contributed by atoms with Gasteiger partial charge in [0, 0.05) is 32.2 Å². The van der Waals surface area contributed by atoms with Crippen molar-refractivity contribution in [3.05, 3.63) is 28.8 Å². The predicted molar refractivity (Wildman–Crippen MR) is 91.1 cm³/mol. The number of hydrogen-bond acceptors (Lipinski definition) is 4. The van der Waals surface area contributed by atoms with E-state index >= 15 is 0 Å². The third-order valence-electron chi connectivity index (χ3n) is 4.90. The van der Waals surface area contributed by atoms with E-state index < -0.39 is 0 Å². The number of nitrogens with zero attached hydrogens (tertiary/aromatic N) is 2. The minimum Gasteiger partial charge on any atom is -0.507 e. The van der Waals surface area contributed by atoms with Gasteiger partial charge in [-0.15, -0.1) is 0 Å². The molecule has 1 aliphatic heterocycles. The molecule has 3 rings (SSSR count). The molecule has 1 aromatic carbocycles. The molecule has 2 N–H and O–H groups in total. The highest BCUT2D eigenvalue weighted by molar-refractivity contribution is 5.97.